The number of allylic oxidation sites excluding steroid dienone is 5. The van der Waals surface area contributed by atoms with E-state index in [0.717, 1.165) is 18.4 Å². The highest BCUT2D eigenvalue weighted by Gasteiger charge is 2.07. The molecule has 0 unspecified atom stereocenters. The third-order valence-electron chi connectivity index (χ3n) is 3.77. The molecule has 5 heteroatoms. The van der Waals surface area contributed by atoms with Crippen LogP contribution in [0.15, 0.2) is 59.5 Å². The van der Waals surface area contributed by atoms with Crippen molar-refractivity contribution in [1.29, 1.82) is 0 Å². The lowest BCUT2D eigenvalue weighted by Crippen LogP contribution is -2.26. The molecule has 1 aromatic rings. The van der Waals surface area contributed by atoms with Crippen LogP contribution < -0.4 is 17.0 Å². The molecule has 0 spiro atoms. The molecule has 0 aromatic heterocycles. The van der Waals surface area contributed by atoms with Gasteiger partial charge in [-0.05, 0) is 42.5 Å². The summed E-state index contributed by atoms with van der Waals surface area (Å²) in [5.74, 6) is 4.08. The van der Waals surface area contributed by atoms with Crippen LogP contribution in [0.5, 0.6) is 0 Å². The number of carboxylic acid groups (broad SMARTS) is 1. The first-order chi connectivity index (χ1) is 11.0. The Kier molecular flexibility index (Phi) is 5.38. The molecule has 0 atom stereocenters. The molecule has 6 N–H and O–H groups in total. The molecule has 2 rings (SSSR count). The van der Waals surface area contributed by atoms with Crippen LogP contribution in [0.2, 0.25) is 0 Å². The molecular weight excluding hydrogens is 290 g/mol. The second kappa shape index (κ2) is 7.47. The minimum atomic E-state index is -1.22. The summed E-state index contributed by atoms with van der Waals surface area (Å²) in [5.41, 5.74) is 12.3. The van der Waals surface area contributed by atoms with Crippen molar-refractivity contribution in [3.05, 3.63) is 70.6 Å². The fourth-order valence-corrected chi connectivity index (χ4v) is 2.40. The Balaban J connectivity index is 2.20. The van der Waals surface area contributed by atoms with Crippen LogP contribution in [-0.2, 0) is 4.79 Å². The zero-order chi connectivity index (χ0) is 16.8. The summed E-state index contributed by atoms with van der Waals surface area (Å²) in [4.78, 5) is 10.8. The van der Waals surface area contributed by atoms with Crippen LogP contribution in [0.1, 0.15) is 30.9 Å². The van der Waals surface area contributed by atoms with Crippen molar-refractivity contribution in [3.8, 4) is 0 Å². The van der Waals surface area contributed by atoms with Gasteiger partial charge >= 0.3 is 5.97 Å². The molecule has 0 amide bonds. The lowest BCUT2D eigenvalue weighted by Gasteiger charge is -2.12. The van der Waals surface area contributed by atoms with Gasteiger partial charge < -0.3 is 16.3 Å². The Morgan fingerprint density at radius 1 is 1.30 bits per heavy atom. The molecule has 0 bridgehead atoms. The molecule has 0 saturated heterocycles. The van der Waals surface area contributed by atoms with Gasteiger partial charge in [-0.3, -0.25) is 5.84 Å². The number of benzene rings is 1. The Labute approximate surface area is 135 Å². The molecule has 1 aliphatic carbocycles. The molecule has 23 heavy (non-hydrogen) atoms. The molecular formula is C18H21N3O2. The highest BCUT2D eigenvalue weighted by Crippen LogP contribution is 2.27. The van der Waals surface area contributed by atoms with Crippen molar-refractivity contribution in [2.24, 2.45) is 11.6 Å². The van der Waals surface area contributed by atoms with Crippen LogP contribution in [0.3, 0.4) is 0 Å². The van der Waals surface area contributed by atoms with Crippen LogP contribution in [0, 0.1) is 0 Å². The van der Waals surface area contributed by atoms with Crippen molar-refractivity contribution >= 4 is 17.6 Å². The van der Waals surface area contributed by atoms with Gasteiger partial charge in [0.05, 0.1) is 5.70 Å². The summed E-state index contributed by atoms with van der Waals surface area (Å²) >= 11 is 0. The average Bonchev–Trinajstić information content (AvgIpc) is 2.56. The van der Waals surface area contributed by atoms with Gasteiger partial charge in [0.15, 0.2) is 0 Å². The van der Waals surface area contributed by atoms with Crippen LogP contribution in [0.25, 0.3) is 11.6 Å². The SMILES string of the molecule is CC1=C(c2ccc(/C=C/C(NN)=C(/N)C(=O)O)cc2)C=CCC1. The predicted molar refractivity (Wildman–Crippen MR) is 92.6 cm³/mol. The molecule has 0 fully saturated rings. The van der Waals surface area contributed by atoms with Gasteiger partial charge in [-0.25, -0.2) is 4.79 Å². The monoisotopic (exact) mass is 311 g/mol. The first-order valence-corrected chi connectivity index (χ1v) is 7.37. The van der Waals surface area contributed by atoms with Gasteiger partial charge in [0, 0.05) is 0 Å². The number of hydrazine groups is 1. The number of carbonyl (C=O) groups is 1. The van der Waals surface area contributed by atoms with Gasteiger partial charge in [0.25, 0.3) is 0 Å². The van der Waals surface area contributed by atoms with Gasteiger partial charge in [-0.2, -0.15) is 0 Å². The molecule has 0 saturated carbocycles. The standard InChI is InChI=1S/C18H21N3O2/c1-12-4-2-3-5-15(12)14-9-6-13(7-10-14)8-11-16(21-20)17(19)18(22)23/h3,5-11,21H,2,4,19-20H2,1H3,(H,22,23)/b11-8+,17-16-. The average molecular weight is 311 g/mol. The third-order valence-corrected chi connectivity index (χ3v) is 3.77. The van der Waals surface area contributed by atoms with E-state index in [2.05, 4.69) is 24.5 Å². The second-order valence-corrected chi connectivity index (χ2v) is 5.37. The molecule has 1 aliphatic rings. The quantitative estimate of drug-likeness (QED) is 0.290. The van der Waals surface area contributed by atoms with Crippen molar-refractivity contribution < 1.29 is 9.90 Å². The second-order valence-electron chi connectivity index (χ2n) is 5.37. The largest absolute Gasteiger partial charge is 0.477 e. The Morgan fingerprint density at radius 2 is 2.00 bits per heavy atom. The van der Waals surface area contributed by atoms with E-state index in [1.807, 2.05) is 24.3 Å². The van der Waals surface area contributed by atoms with Crippen LogP contribution in [0.4, 0.5) is 0 Å². The van der Waals surface area contributed by atoms with Gasteiger partial charge in [-0.1, -0.05) is 48.1 Å². The molecule has 0 radical (unpaired) electrons. The summed E-state index contributed by atoms with van der Waals surface area (Å²) in [7, 11) is 0. The van der Waals surface area contributed by atoms with E-state index in [1.165, 1.54) is 16.7 Å². The maximum Gasteiger partial charge on any atom is 0.353 e. The number of aliphatic carboxylic acids is 1. The van der Waals surface area contributed by atoms with Crippen molar-refractivity contribution in [1.82, 2.24) is 5.43 Å². The fourth-order valence-electron chi connectivity index (χ4n) is 2.40. The van der Waals surface area contributed by atoms with E-state index in [1.54, 1.807) is 12.2 Å². The summed E-state index contributed by atoms with van der Waals surface area (Å²) < 4.78 is 0. The summed E-state index contributed by atoms with van der Waals surface area (Å²) in [6.45, 7) is 2.16. The smallest absolute Gasteiger partial charge is 0.353 e. The third kappa shape index (κ3) is 4.11. The van der Waals surface area contributed by atoms with E-state index >= 15 is 0 Å². The summed E-state index contributed by atoms with van der Waals surface area (Å²) in [6, 6.07) is 8.04. The molecule has 1 aromatic carbocycles. The van der Waals surface area contributed by atoms with Gasteiger partial charge in [0.2, 0.25) is 0 Å². The predicted octanol–water partition coefficient (Wildman–Crippen LogP) is 2.54. The zero-order valence-corrected chi connectivity index (χ0v) is 13.0. The Bertz CT molecular complexity index is 710. The highest BCUT2D eigenvalue weighted by atomic mass is 16.4. The van der Waals surface area contributed by atoms with E-state index in [9.17, 15) is 4.79 Å². The first-order valence-electron chi connectivity index (χ1n) is 7.37. The summed E-state index contributed by atoms with van der Waals surface area (Å²) in [6.07, 6.45) is 9.85. The molecule has 120 valence electrons. The topological polar surface area (TPSA) is 101 Å². The van der Waals surface area contributed by atoms with Gasteiger partial charge in [-0.15, -0.1) is 0 Å². The molecule has 0 heterocycles. The minimum absolute atomic E-state index is 0.162. The van der Waals surface area contributed by atoms with Crippen molar-refractivity contribution in [3.63, 3.8) is 0 Å². The van der Waals surface area contributed by atoms with E-state index in [-0.39, 0.29) is 11.4 Å². The maximum atomic E-state index is 10.8. The first kappa shape index (κ1) is 16.6. The summed E-state index contributed by atoms with van der Waals surface area (Å²) in [5, 5.41) is 8.86. The Morgan fingerprint density at radius 3 is 2.57 bits per heavy atom. The zero-order valence-electron chi connectivity index (χ0n) is 13.0. The number of nitrogens with one attached hydrogen (secondary N) is 1. The van der Waals surface area contributed by atoms with Crippen molar-refractivity contribution in [2.75, 3.05) is 0 Å². The number of hydrogen-bond acceptors (Lipinski definition) is 4. The maximum absolute atomic E-state index is 10.8. The number of rotatable bonds is 5. The molecule has 0 aliphatic heterocycles. The normalized spacial score (nSPS) is 15.7. The van der Waals surface area contributed by atoms with E-state index in [4.69, 9.17) is 16.7 Å². The molecule has 5 nitrogen and oxygen atoms in total. The van der Waals surface area contributed by atoms with E-state index < -0.39 is 5.97 Å². The minimum Gasteiger partial charge on any atom is -0.477 e. The lowest BCUT2D eigenvalue weighted by molar-refractivity contribution is -0.132. The van der Waals surface area contributed by atoms with E-state index in [0.29, 0.717) is 0 Å². The number of carboxylic acids is 1. The highest BCUT2D eigenvalue weighted by molar-refractivity contribution is 5.87. The lowest BCUT2D eigenvalue weighted by atomic mass is 9.93. The number of nitrogens with two attached hydrogens (primary N) is 2. The van der Waals surface area contributed by atoms with Crippen molar-refractivity contribution in [2.45, 2.75) is 19.8 Å². The van der Waals surface area contributed by atoms with Crippen LogP contribution >= 0.6 is 0 Å². The van der Waals surface area contributed by atoms with Crippen LogP contribution in [-0.4, -0.2) is 11.1 Å². The fraction of sp³-hybridized carbons (Fsp3) is 0.167. The number of hydrogen-bond donors (Lipinski definition) is 4. The Hall–Kier alpha value is -2.79. The van der Waals surface area contributed by atoms with Gasteiger partial charge in [0.1, 0.15) is 5.70 Å².